The summed E-state index contributed by atoms with van der Waals surface area (Å²) in [5.41, 5.74) is 0. The molecule has 0 aliphatic rings. The molecule has 0 rings (SSSR count). The van der Waals surface area contributed by atoms with E-state index in [1.807, 2.05) is 24.9 Å². The molecule has 0 unspecified atom stereocenters. The van der Waals surface area contributed by atoms with Crippen LogP contribution in [0.15, 0.2) is 17.6 Å². The van der Waals surface area contributed by atoms with Crippen LogP contribution in [0, 0.1) is 0 Å². The summed E-state index contributed by atoms with van der Waals surface area (Å²) in [7, 11) is -1.17. The fourth-order valence-corrected chi connectivity index (χ4v) is 1.73. The lowest BCUT2D eigenvalue weighted by molar-refractivity contribution is 0.467. The van der Waals surface area contributed by atoms with Crippen molar-refractivity contribution in [3.63, 3.8) is 0 Å². The Balaban J connectivity index is 0. The van der Waals surface area contributed by atoms with Crippen LogP contribution in [0.1, 0.15) is 33.6 Å². The van der Waals surface area contributed by atoms with Crippen LogP contribution in [0.2, 0.25) is 0 Å². The van der Waals surface area contributed by atoms with Crippen molar-refractivity contribution in [3.05, 3.63) is 12.7 Å². The zero-order chi connectivity index (χ0) is 15.8. The van der Waals surface area contributed by atoms with Crippen molar-refractivity contribution >= 4 is 39.8 Å². The summed E-state index contributed by atoms with van der Waals surface area (Å²) >= 11 is 0. The van der Waals surface area contributed by atoms with Gasteiger partial charge < -0.3 is 10.2 Å². The standard InChI is InChI=1S/C14H29N3O2S.HI/c1-7-9-10-11-17(5)13(15-8-2)16-12-14(3,4)20(6,18)19;/h7H,1,8-12H2,2-6H3,(H,15,16);1H. The fourth-order valence-electron chi connectivity index (χ4n) is 1.43. The van der Waals surface area contributed by atoms with Crippen LogP contribution < -0.4 is 5.32 Å². The highest BCUT2D eigenvalue weighted by Crippen LogP contribution is 2.15. The van der Waals surface area contributed by atoms with Gasteiger partial charge in [-0.25, -0.2) is 8.42 Å². The van der Waals surface area contributed by atoms with E-state index in [1.54, 1.807) is 13.8 Å². The van der Waals surface area contributed by atoms with Crippen molar-refractivity contribution in [2.75, 3.05) is 32.9 Å². The molecule has 0 heterocycles. The Morgan fingerprint density at radius 1 is 1.43 bits per heavy atom. The first kappa shape index (κ1) is 23.0. The molecule has 0 aromatic rings. The first-order valence-corrected chi connectivity index (χ1v) is 8.84. The average molecular weight is 431 g/mol. The highest BCUT2D eigenvalue weighted by molar-refractivity contribution is 14.0. The summed E-state index contributed by atoms with van der Waals surface area (Å²) in [6.07, 6.45) is 5.10. The maximum atomic E-state index is 11.7. The smallest absolute Gasteiger partial charge is 0.193 e. The number of halogens is 1. The van der Waals surface area contributed by atoms with Gasteiger partial charge in [0.05, 0.1) is 11.3 Å². The Bertz CT molecular complexity index is 434. The maximum absolute atomic E-state index is 11.7. The van der Waals surface area contributed by atoms with Crippen molar-refractivity contribution in [1.82, 2.24) is 10.2 Å². The van der Waals surface area contributed by atoms with E-state index in [1.165, 1.54) is 6.26 Å². The Morgan fingerprint density at radius 2 is 2.00 bits per heavy atom. The van der Waals surface area contributed by atoms with Crippen LogP contribution in [-0.4, -0.2) is 57.0 Å². The van der Waals surface area contributed by atoms with Gasteiger partial charge in [0, 0.05) is 26.4 Å². The van der Waals surface area contributed by atoms with Crippen molar-refractivity contribution in [2.45, 2.75) is 38.4 Å². The van der Waals surface area contributed by atoms with Gasteiger partial charge in [0.2, 0.25) is 0 Å². The van der Waals surface area contributed by atoms with Crippen LogP contribution in [0.3, 0.4) is 0 Å². The van der Waals surface area contributed by atoms with E-state index in [0.717, 1.165) is 31.9 Å². The topological polar surface area (TPSA) is 61.8 Å². The third kappa shape index (κ3) is 8.65. The van der Waals surface area contributed by atoms with Crippen molar-refractivity contribution in [3.8, 4) is 0 Å². The molecule has 5 nitrogen and oxygen atoms in total. The zero-order valence-corrected chi connectivity index (χ0v) is 17.0. The van der Waals surface area contributed by atoms with Gasteiger partial charge in [0.25, 0.3) is 0 Å². The molecule has 0 saturated carbocycles. The van der Waals surface area contributed by atoms with Crippen molar-refractivity contribution < 1.29 is 8.42 Å². The molecular formula is C14H30IN3O2S. The minimum atomic E-state index is -3.13. The second-order valence-electron chi connectivity index (χ2n) is 5.55. The van der Waals surface area contributed by atoms with Gasteiger partial charge in [-0.2, -0.15) is 0 Å². The molecule has 0 spiro atoms. The average Bonchev–Trinajstić information content (AvgIpc) is 2.33. The SMILES string of the molecule is C=CCCCN(C)C(=NCC(C)(C)S(C)(=O)=O)NCC.I. The second kappa shape index (κ2) is 10.4. The number of hydrogen-bond acceptors (Lipinski definition) is 3. The molecule has 126 valence electrons. The first-order chi connectivity index (χ1) is 9.15. The zero-order valence-electron chi connectivity index (χ0n) is 13.8. The lowest BCUT2D eigenvalue weighted by atomic mass is 10.2. The monoisotopic (exact) mass is 431 g/mol. The van der Waals surface area contributed by atoms with E-state index in [0.29, 0.717) is 0 Å². The van der Waals surface area contributed by atoms with Gasteiger partial charge >= 0.3 is 0 Å². The van der Waals surface area contributed by atoms with Gasteiger partial charge in [-0.3, -0.25) is 4.99 Å². The summed E-state index contributed by atoms with van der Waals surface area (Å²) < 4.78 is 22.5. The molecule has 0 fully saturated rings. The van der Waals surface area contributed by atoms with Crippen LogP contribution in [0.4, 0.5) is 0 Å². The molecule has 1 N–H and O–H groups in total. The van der Waals surface area contributed by atoms with Gasteiger partial charge in [-0.1, -0.05) is 6.08 Å². The van der Waals surface area contributed by atoms with E-state index in [2.05, 4.69) is 16.9 Å². The van der Waals surface area contributed by atoms with Gasteiger partial charge in [0.15, 0.2) is 15.8 Å². The van der Waals surface area contributed by atoms with E-state index < -0.39 is 14.6 Å². The summed E-state index contributed by atoms with van der Waals surface area (Å²) in [5, 5.41) is 3.19. The molecule has 0 aliphatic carbocycles. The molecule has 0 aromatic carbocycles. The summed E-state index contributed by atoms with van der Waals surface area (Å²) in [6.45, 7) is 11.0. The number of hydrogen-bond donors (Lipinski definition) is 1. The maximum Gasteiger partial charge on any atom is 0.193 e. The summed E-state index contributed by atoms with van der Waals surface area (Å²) in [4.78, 5) is 6.48. The number of guanidine groups is 1. The summed E-state index contributed by atoms with van der Waals surface area (Å²) in [5.74, 6) is 0.744. The number of rotatable bonds is 8. The third-order valence-corrected chi connectivity index (χ3v) is 5.35. The second-order valence-corrected chi connectivity index (χ2v) is 8.20. The normalized spacial score (nSPS) is 12.5. The van der Waals surface area contributed by atoms with E-state index in [9.17, 15) is 8.42 Å². The highest BCUT2D eigenvalue weighted by Gasteiger charge is 2.30. The van der Waals surface area contributed by atoms with Crippen LogP contribution in [-0.2, 0) is 9.84 Å². The Labute approximate surface area is 147 Å². The highest BCUT2D eigenvalue weighted by atomic mass is 127. The lowest BCUT2D eigenvalue weighted by Gasteiger charge is -2.25. The fraction of sp³-hybridized carbons (Fsp3) is 0.786. The molecule has 0 bridgehead atoms. The van der Waals surface area contributed by atoms with Gasteiger partial charge in [-0.15, -0.1) is 30.6 Å². The quantitative estimate of drug-likeness (QED) is 0.211. The molecule has 0 aliphatic heterocycles. The van der Waals surface area contributed by atoms with Crippen LogP contribution >= 0.6 is 24.0 Å². The molecule has 0 aromatic heterocycles. The molecule has 21 heavy (non-hydrogen) atoms. The van der Waals surface area contributed by atoms with Gasteiger partial charge in [-0.05, 0) is 33.6 Å². The number of sulfone groups is 1. The predicted octanol–water partition coefficient (Wildman–Crippen LogP) is 2.29. The van der Waals surface area contributed by atoms with Gasteiger partial charge in [0.1, 0.15) is 0 Å². The number of nitrogens with one attached hydrogen (secondary N) is 1. The largest absolute Gasteiger partial charge is 0.357 e. The number of aliphatic imine (C=N–C) groups is 1. The molecule has 0 saturated heterocycles. The van der Waals surface area contributed by atoms with Crippen molar-refractivity contribution in [2.24, 2.45) is 4.99 Å². The minimum Gasteiger partial charge on any atom is -0.357 e. The molecule has 7 heteroatoms. The molecule has 0 amide bonds. The lowest BCUT2D eigenvalue weighted by Crippen LogP contribution is -2.42. The number of nitrogens with zero attached hydrogens (tertiary/aromatic N) is 2. The number of unbranched alkanes of at least 4 members (excludes halogenated alkanes) is 1. The van der Waals surface area contributed by atoms with E-state index in [-0.39, 0.29) is 30.5 Å². The minimum absolute atomic E-state index is 0. The van der Waals surface area contributed by atoms with Crippen molar-refractivity contribution in [1.29, 1.82) is 0 Å². The number of allylic oxidation sites excluding steroid dienone is 1. The molecular weight excluding hydrogens is 401 g/mol. The Kier molecular flexibility index (Phi) is 11.4. The Morgan fingerprint density at radius 3 is 2.43 bits per heavy atom. The Hall–Kier alpha value is -0.310. The van der Waals surface area contributed by atoms with Crippen LogP contribution in [0.5, 0.6) is 0 Å². The third-order valence-electron chi connectivity index (χ3n) is 3.21. The molecule has 0 atom stereocenters. The predicted molar refractivity (Wildman–Crippen MR) is 102 cm³/mol. The first-order valence-electron chi connectivity index (χ1n) is 6.95. The molecule has 0 radical (unpaired) electrons. The van der Waals surface area contributed by atoms with E-state index >= 15 is 0 Å². The summed E-state index contributed by atoms with van der Waals surface area (Å²) in [6, 6.07) is 0. The van der Waals surface area contributed by atoms with E-state index in [4.69, 9.17) is 0 Å². The van der Waals surface area contributed by atoms with Crippen LogP contribution in [0.25, 0.3) is 0 Å².